The van der Waals surface area contributed by atoms with Crippen LogP contribution in [0.1, 0.15) is 12.8 Å². The van der Waals surface area contributed by atoms with E-state index in [4.69, 9.17) is 9.84 Å². The molecule has 0 unspecified atom stereocenters. The third-order valence-electron chi connectivity index (χ3n) is 2.32. The molecule has 0 aromatic rings. The van der Waals surface area contributed by atoms with Crippen LogP contribution in [-0.2, 0) is 4.74 Å². The van der Waals surface area contributed by atoms with Gasteiger partial charge in [0.1, 0.15) is 6.10 Å². The zero-order valence-electron chi connectivity index (χ0n) is 8.53. The number of amides is 1. The zero-order chi connectivity index (χ0) is 10.4. The Labute approximate surface area is 84.0 Å². The third kappa shape index (κ3) is 3.93. The average Bonchev–Trinajstić information content (AvgIpc) is 2.18. The van der Waals surface area contributed by atoms with E-state index in [1.165, 1.54) is 0 Å². The maximum atomic E-state index is 11.1. The maximum absolute atomic E-state index is 11.1. The van der Waals surface area contributed by atoms with Gasteiger partial charge in [-0.25, -0.2) is 4.79 Å². The number of nitrogens with one attached hydrogen (secondary N) is 1. The molecule has 0 aromatic carbocycles. The monoisotopic (exact) mass is 202 g/mol. The number of carbonyl (C=O) groups is 1. The largest absolute Gasteiger partial charge is 0.446 e. The first-order chi connectivity index (χ1) is 6.72. The van der Waals surface area contributed by atoms with Gasteiger partial charge < -0.3 is 20.1 Å². The third-order valence-corrected chi connectivity index (χ3v) is 2.32. The summed E-state index contributed by atoms with van der Waals surface area (Å²) in [6.45, 7) is 2.14. The van der Waals surface area contributed by atoms with Crippen molar-refractivity contribution in [3.8, 4) is 0 Å². The SMILES string of the molecule is CN1CCC(OC(=O)NCCO)CC1. The lowest BCUT2D eigenvalue weighted by molar-refractivity contribution is 0.0564. The molecule has 0 atom stereocenters. The Hall–Kier alpha value is -0.810. The van der Waals surface area contributed by atoms with Crippen LogP contribution in [0.2, 0.25) is 0 Å². The number of alkyl carbamates (subject to hydrolysis) is 1. The van der Waals surface area contributed by atoms with E-state index in [1.54, 1.807) is 0 Å². The van der Waals surface area contributed by atoms with Crippen molar-refractivity contribution in [1.82, 2.24) is 10.2 Å². The molecule has 0 saturated carbocycles. The molecule has 5 nitrogen and oxygen atoms in total. The summed E-state index contributed by atoms with van der Waals surface area (Å²) < 4.78 is 5.15. The first-order valence-electron chi connectivity index (χ1n) is 4.96. The van der Waals surface area contributed by atoms with Gasteiger partial charge in [0, 0.05) is 19.6 Å². The molecule has 0 bridgehead atoms. The number of carbonyl (C=O) groups excluding carboxylic acids is 1. The Morgan fingerprint density at radius 1 is 1.57 bits per heavy atom. The Morgan fingerprint density at radius 3 is 2.79 bits per heavy atom. The molecule has 0 spiro atoms. The van der Waals surface area contributed by atoms with Crippen molar-refractivity contribution in [2.45, 2.75) is 18.9 Å². The Kier molecular flexibility index (Phi) is 4.69. The van der Waals surface area contributed by atoms with Crippen LogP contribution in [0.15, 0.2) is 0 Å². The van der Waals surface area contributed by atoms with E-state index in [-0.39, 0.29) is 19.3 Å². The van der Waals surface area contributed by atoms with Crippen molar-refractivity contribution in [1.29, 1.82) is 0 Å². The first-order valence-corrected chi connectivity index (χ1v) is 4.96. The van der Waals surface area contributed by atoms with E-state index in [9.17, 15) is 4.79 Å². The Morgan fingerprint density at radius 2 is 2.21 bits per heavy atom. The van der Waals surface area contributed by atoms with Gasteiger partial charge in [-0.2, -0.15) is 0 Å². The molecule has 5 heteroatoms. The molecule has 1 aliphatic heterocycles. The maximum Gasteiger partial charge on any atom is 0.407 e. The molecule has 1 fully saturated rings. The number of rotatable bonds is 3. The highest BCUT2D eigenvalue weighted by Crippen LogP contribution is 2.11. The molecule has 14 heavy (non-hydrogen) atoms. The fourth-order valence-electron chi connectivity index (χ4n) is 1.45. The van der Waals surface area contributed by atoms with Gasteiger partial charge in [0.15, 0.2) is 0 Å². The molecule has 1 rings (SSSR count). The average molecular weight is 202 g/mol. The lowest BCUT2D eigenvalue weighted by atomic mass is 10.1. The van der Waals surface area contributed by atoms with E-state index in [2.05, 4.69) is 17.3 Å². The topological polar surface area (TPSA) is 61.8 Å². The molecule has 1 heterocycles. The van der Waals surface area contributed by atoms with Gasteiger partial charge in [0.05, 0.1) is 6.61 Å². The number of hydrogen-bond acceptors (Lipinski definition) is 4. The molecular weight excluding hydrogens is 184 g/mol. The summed E-state index contributed by atoms with van der Waals surface area (Å²) in [5.74, 6) is 0. The van der Waals surface area contributed by atoms with Gasteiger partial charge in [0.25, 0.3) is 0 Å². The Bertz CT molecular complexity index is 179. The number of hydrogen-bond donors (Lipinski definition) is 2. The van der Waals surface area contributed by atoms with E-state index in [0.717, 1.165) is 25.9 Å². The van der Waals surface area contributed by atoms with Gasteiger partial charge in [-0.05, 0) is 19.9 Å². The number of likely N-dealkylation sites (tertiary alicyclic amines) is 1. The van der Waals surface area contributed by atoms with Crippen LogP contribution in [-0.4, -0.2) is 55.5 Å². The quantitative estimate of drug-likeness (QED) is 0.665. The lowest BCUT2D eigenvalue weighted by Crippen LogP contribution is -2.38. The van der Waals surface area contributed by atoms with E-state index in [0.29, 0.717) is 0 Å². The highest BCUT2D eigenvalue weighted by atomic mass is 16.6. The number of aliphatic hydroxyl groups excluding tert-OH is 1. The molecule has 1 aliphatic rings. The van der Waals surface area contributed by atoms with Crippen molar-refractivity contribution in [3.63, 3.8) is 0 Å². The number of nitrogens with zero attached hydrogens (tertiary/aromatic N) is 1. The smallest absolute Gasteiger partial charge is 0.407 e. The summed E-state index contributed by atoms with van der Waals surface area (Å²) in [6.07, 6.45) is 1.39. The van der Waals surface area contributed by atoms with Crippen LogP contribution in [0, 0.1) is 0 Å². The van der Waals surface area contributed by atoms with Crippen LogP contribution in [0.5, 0.6) is 0 Å². The summed E-state index contributed by atoms with van der Waals surface area (Å²) >= 11 is 0. The Balaban J connectivity index is 2.14. The standard InChI is InChI=1S/C9H18N2O3/c1-11-5-2-8(3-6-11)14-9(13)10-4-7-12/h8,12H,2-7H2,1H3,(H,10,13). The summed E-state index contributed by atoms with van der Waals surface area (Å²) in [7, 11) is 2.06. The summed E-state index contributed by atoms with van der Waals surface area (Å²) in [6, 6.07) is 0. The van der Waals surface area contributed by atoms with E-state index >= 15 is 0 Å². The van der Waals surface area contributed by atoms with Crippen LogP contribution >= 0.6 is 0 Å². The summed E-state index contributed by atoms with van der Waals surface area (Å²) in [5, 5.41) is 10.9. The van der Waals surface area contributed by atoms with Crippen molar-refractivity contribution < 1.29 is 14.6 Å². The van der Waals surface area contributed by atoms with Crippen LogP contribution < -0.4 is 5.32 Å². The molecule has 2 N–H and O–H groups in total. The van der Waals surface area contributed by atoms with Gasteiger partial charge in [0.2, 0.25) is 0 Å². The van der Waals surface area contributed by atoms with Crippen molar-refractivity contribution in [3.05, 3.63) is 0 Å². The van der Waals surface area contributed by atoms with Crippen LogP contribution in [0.4, 0.5) is 4.79 Å². The minimum atomic E-state index is -0.423. The highest BCUT2D eigenvalue weighted by molar-refractivity contribution is 5.67. The van der Waals surface area contributed by atoms with Crippen LogP contribution in [0.25, 0.3) is 0 Å². The van der Waals surface area contributed by atoms with Crippen molar-refractivity contribution >= 4 is 6.09 Å². The molecular formula is C9H18N2O3. The molecule has 0 aromatic heterocycles. The molecule has 0 aliphatic carbocycles. The predicted molar refractivity (Wildman–Crippen MR) is 52.1 cm³/mol. The fraction of sp³-hybridized carbons (Fsp3) is 0.889. The molecule has 0 radical (unpaired) electrons. The number of piperidine rings is 1. The van der Waals surface area contributed by atoms with Gasteiger partial charge in [-0.15, -0.1) is 0 Å². The highest BCUT2D eigenvalue weighted by Gasteiger charge is 2.19. The minimum Gasteiger partial charge on any atom is -0.446 e. The van der Waals surface area contributed by atoms with E-state index in [1.807, 2.05) is 0 Å². The van der Waals surface area contributed by atoms with Gasteiger partial charge in [-0.3, -0.25) is 0 Å². The first kappa shape index (κ1) is 11.3. The van der Waals surface area contributed by atoms with E-state index < -0.39 is 6.09 Å². The molecule has 82 valence electrons. The second-order valence-electron chi connectivity index (χ2n) is 3.56. The van der Waals surface area contributed by atoms with Crippen molar-refractivity contribution in [2.75, 3.05) is 33.3 Å². The number of ether oxygens (including phenoxy) is 1. The summed E-state index contributed by atoms with van der Waals surface area (Å²) in [5.41, 5.74) is 0. The fourth-order valence-corrected chi connectivity index (χ4v) is 1.45. The number of aliphatic hydroxyl groups is 1. The van der Waals surface area contributed by atoms with Crippen molar-refractivity contribution in [2.24, 2.45) is 0 Å². The van der Waals surface area contributed by atoms with Gasteiger partial charge >= 0.3 is 6.09 Å². The van der Waals surface area contributed by atoms with Crippen LogP contribution in [0.3, 0.4) is 0 Å². The minimum absolute atomic E-state index is 0.0323. The summed E-state index contributed by atoms with van der Waals surface area (Å²) in [4.78, 5) is 13.3. The second kappa shape index (κ2) is 5.82. The normalized spacial score (nSPS) is 19.3. The predicted octanol–water partition coefficient (Wildman–Crippen LogP) is -0.201. The molecule has 1 amide bonds. The molecule has 1 saturated heterocycles. The van der Waals surface area contributed by atoms with Gasteiger partial charge in [-0.1, -0.05) is 0 Å². The zero-order valence-corrected chi connectivity index (χ0v) is 8.53. The lowest BCUT2D eigenvalue weighted by Gasteiger charge is -2.28. The second-order valence-corrected chi connectivity index (χ2v) is 3.56.